The van der Waals surface area contributed by atoms with Crippen LogP contribution in [0.15, 0.2) is 40.9 Å². The summed E-state index contributed by atoms with van der Waals surface area (Å²) in [6.07, 6.45) is 0.638. The van der Waals surface area contributed by atoms with E-state index in [0.717, 1.165) is 21.3 Å². The van der Waals surface area contributed by atoms with Crippen molar-refractivity contribution in [2.45, 2.75) is 12.5 Å². The van der Waals surface area contributed by atoms with Gasteiger partial charge in [-0.25, -0.2) is 0 Å². The van der Waals surface area contributed by atoms with Crippen LogP contribution in [0.5, 0.6) is 5.75 Å². The highest BCUT2D eigenvalue weighted by Crippen LogP contribution is 2.29. The normalized spacial score (nSPS) is 12.2. The van der Waals surface area contributed by atoms with E-state index in [1.54, 1.807) is 13.2 Å². The summed E-state index contributed by atoms with van der Waals surface area (Å²) in [7, 11) is 1.65. The molecule has 2 rings (SSSR count). The molecule has 2 N–H and O–H groups in total. The second kappa shape index (κ2) is 6.81. The average molecular weight is 375 g/mol. The van der Waals surface area contributed by atoms with Crippen LogP contribution in [0, 0.1) is 0 Å². The van der Waals surface area contributed by atoms with Crippen LogP contribution in [-0.4, -0.2) is 7.11 Å². The van der Waals surface area contributed by atoms with Crippen molar-refractivity contribution in [2.24, 2.45) is 5.73 Å². The van der Waals surface area contributed by atoms with Crippen molar-refractivity contribution in [1.29, 1.82) is 0 Å². The first-order valence-electron chi connectivity index (χ1n) is 6.03. The van der Waals surface area contributed by atoms with Gasteiger partial charge in [0, 0.05) is 20.6 Å². The van der Waals surface area contributed by atoms with Gasteiger partial charge in [-0.2, -0.15) is 0 Å². The quantitative estimate of drug-likeness (QED) is 0.816. The van der Waals surface area contributed by atoms with Gasteiger partial charge in [0.1, 0.15) is 5.75 Å². The van der Waals surface area contributed by atoms with Crippen molar-refractivity contribution < 1.29 is 4.74 Å². The number of halogens is 3. The molecule has 0 fully saturated rings. The molecule has 2 aromatic carbocycles. The predicted molar refractivity (Wildman–Crippen MR) is 87.8 cm³/mol. The molecule has 2 aromatic rings. The molecule has 0 saturated heterocycles. The van der Waals surface area contributed by atoms with Crippen molar-refractivity contribution in [3.63, 3.8) is 0 Å². The number of hydrogen-bond acceptors (Lipinski definition) is 2. The third kappa shape index (κ3) is 3.89. The lowest BCUT2D eigenvalue weighted by atomic mass is 9.99. The maximum atomic E-state index is 6.25. The Morgan fingerprint density at radius 3 is 2.40 bits per heavy atom. The van der Waals surface area contributed by atoms with Crippen molar-refractivity contribution >= 4 is 39.1 Å². The van der Waals surface area contributed by atoms with Crippen molar-refractivity contribution in [3.8, 4) is 5.75 Å². The topological polar surface area (TPSA) is 35.2 Å². The Morgan fingerprint density at radius 2 is 1.80 bits per heavy atom. The van der Waals surface area contributed by atoms with Gasteiger partial charge in [-0.3, -0.25) is 0 Å². The molecule has 0 spiro atoms. The molecule has 0 amide bonds. The van der Waals surface area contributed by atoms with Gasteiger partial charge < -0.3 is 10.5 Å². The van der Waals surface area contributed by atoms with E-state index in [-0.39, 0.29) is 6.04 Å². The number of rotatable bonds is 4. The first-order valence-corrected chi connectivity index (χ1v) is 7.58. The summed E-state index contributed by atoms with van der Waals surface area (Å²) < 4.78 is 6.35. The molecule has 5 heteroatoms. The molecule has 0 saturated carbocycles. The highest BCUT2D eigenvalue weighted by atomic mass is 79.9. The Bertz CT molecular complexity index is 599. The standard InChI is InChI=1S/C15H14BrCl2NO/c1-20-15-3-2-11(16)4-10(15)7-14(19)9-5-12(17)8-13(18)6-9/h2-6,8,14H,7,19H2,1H3. The van der Waals surface area contributed by atoms with Crippen LogP contribution in [0.1, 0.15) is 17.2 Å². The van der Waals surface area contributed by atoms with E-state index in [1.165, 1.54) is 0 Å². The minimum Gasteiger partial charge on any atom is -0.496 e. The molecular formula is C15H14BrCl2NO. The molecule has 0 aromatic heterocycles. The molecule has 0 radical (unpaired) electrons. The van der Waals surface area contributed by atoms with E-state index in [0.29, 0.717) is 16.5 Å². The summed E-state index contributed by atoms with van der Waals surface area (Å²) in [6, 6.07) is 11.0. The van der Waals surface area contributed by atoms with E-state index in [1.807, 2.05) is 30.3 Å². The molecule has 0 aliphatic rings. The second-order valence-electron chi connectivity index (χ2n) is 4.47. The van der Waals surface area contributed by atoms with Crippen LogP contribution < -0.4 is 10.5 Å². The summed E-state index contributed by atoms with van der Waals surface area (Å²) in [6.45, 7) is 0. The van der Waals surface area contributed by atoms with E-state index in [4.69, 9.17) is 33.7 Å². The molecule has 0 bridgehead atoms. The third-order valence-electron chi connectivity index (χ3n) is 3.00. The van der Waals surface area contributed by atoms with Crippen LogP contribution in [0.4, 0.5) is 0 Å². The van der Waals surface area contributed by atoms with Gasteiger partial charge >= 0.3 is 0 Å². The van der Waals surface area contributed by atoms with Gasteiger partial charge in [0.05, 0.1) is 7.11 Å². The second-order valence-corrected chi connectivity index (χ2v) is 6.26. The molecular weight excluding hydrogens is 361 g/mol. The maximum absolute atomic E-state index is 6.25. The van der Waals surface area contributed by atoms with Crippen molar-refractivity contribution in [3.05, 3.63) is 62.0 Å². The first kappa shape index (κ1) is 15.6. The van der Waals surface area contributed by atoms with Crippen LogP contribution in [-0.2, 0) is 6.42 Å². The van der Waals surface area contributed by atoms with E-state index in [2.05, 4.69) is 15.9 Å². The summed E-state index contributed by atoms with van der Waals surface area (Å²) >= 11 is 15.5. The monoisotopic (exact) mass is 373 g/mol. The molecule has 0 aliphatic heterocycles. The first-order chi connectivity index (χ1) is 9.49. The van der Waals surface area contributed by atoms with Crippen LogP contribution >= 0.6 is 39.1 Å². The Morgan fingerprint density at radius 1 is 1.15 bits per heavy atom. The number of methoxy groups -OCH3 is 1. The van der Waals surface area contributed by atoms with E-state index < -0.39 is 0 Å². The van der Waals surface area contributed by atoms with Gasteiger partial charge in [-0.15, -0.1) is 0 Å². The zero-order valence-electron chi connectivity index (χ0n) is 10.9. The Labute approximate surface area is 137 Å². The van der Waals surface area contributed by atoms with Gasteiger partial charge in [0.25, 0.3) is 0 Å². The number of benzene rings is 2. The number of nitrogens with two attached hydrogens (primary N) is 1. The Hall–Kier alpha value is -0.740. The fraction of sp³-hybridized carbons (Fsp3) is 0.200. The fourth-order valence-corrected chi connectivity index (χ4v) is 3.00. The van der Waals surface area contributed by atoms with Gasteiger partial charge in [-0.1, -0.05) is 39.1 Å². The molecule has 0 heterocycles. The van der Waals surface area contributed by atoms with Gasteiger partial charge in [0.15, 0.2) is 0 Å². The third-order valence-corrected chi connectivity index (χ3v) is 3.92. The van der Waals surface area contributed by atoms with Crippen LogP contribution in [0.25, 0.3) is 0 Å². The van der Waals surface area contributed by atoms with Crippen molar-refractivity contribution in [1.82, 2.24) is 0 Å². The highest BCUT2D eigenvalue weighted by Gasteiger charge is 2.12. The number of ether oxygens (including phenoxy) is 1. The van der Waals surface area contributed by atoms with Crippen LogP contribution in [0.3, 0.4) is 0 Å². The summed E-state index contributed by atoms with van der Waals surface area (Å²) in [5, 5.41) is 1.17. The largest absolute Gasteiger partial charge is 0.496 e. The molecule has 2 nitrogen and oxygen atoms in total. The summed E-state index contributed by atoms with van der Waals surface area (Å²) in [5.41, 5.74) is 8.19. The SMILES string of the molecule is COc1ccc(Br)cc1CC(N)c1cc(Cl)cc(Cl)c1. The summed E-state index contributed by atoms with van der Waals surface area (Å²) in [5.74, 6) is 0.816. The highest BCUT2D eigenvalue weighted by molar-refractivity contribution is 9.10. The Kier molecular flexibility index (Phi) is 5.33. The maximum Gasteiger partial charge on any atom is 0.122 e. The molecule has 20 heavy (non-hydrogen) atoms. The predicted octanol–water partition coefficient (Wildman–Crippen LogP) is 5.01. The zero-order chi connectivity index (χ0) is 14.7. The smallest absolute Gasteiger partial charge is 0.122 e. The fourth-order valence-electron chi connectivity index (χ4n) is 2.05. The lowest BCUT2D eigenvalue weighted by Gasteiger charge is -2.15. The van der Waals surface area contributed by atoms with Crippen LogP contribution in [0.2, 0.25) is 10.0 Å². The Balaban J connectivity index is 2.27. The van der Waals surface area contributed by atoms with Gasteiger partial charge in [-0.05, 0) is 53.9 Å². The average Bonchev–Trinajstić information content (AvgIpc) is 2.37. The number of hydrogen-bond donors (Lipinski definition) is 1. The molecule has 0 aliphatic carbocycles. The minimum atomic E-state index is -0.200. The van der Waals surface area contributed by atoms with E-state index in [9.17, 15) is 0 Å². The summed E-state index contributed by atoms with van der Waals surface area (Å²) in [4.78, 5) is 0. The molecule has 106 valence electrons. The van der Waals surface area contributed by atoms with Crippen molar-refractivity contribution in [2.75, 3.05) is 7.11 Å². The van der Waals surface area contributed by atoms with E-state index >= 15 is 0 Å². The molecule has 1 atom stereocenters. The minimum absolute atomic E-state index is 0.200. The molecule has 1 unspecified atom stereocenters. The zero-order valence-corrected chi connectivity index (χ0v) is 14.0. The van der Waals surface area contributed by atoms with Gasteiger partial charge in [0.2, 0.25) is 0 Å². The lowest BCUT2D eigenvalue weighted by Crippen LogP contribution is -2.14. The lowest BCUT2D eigenvalue weighted by molar-refractivity contribution is 0.408.